The van der Waals surface area contributed by atoms with Crippen molar-refractivity contribution in [3.8, 4) is 0 Å². The highest BCUT2D eigenvalue weighted by Gasteiger charge is 2.16. The normalized spacial score (nSPS) is 15.4. The number of hydrogen-bond donors (Lipinski definition) is 2. The second-order valence-corrected chi connectivity index (χ2v) is 4.79. The summed E-state index contributed by atoms with van der Waals surface area (Å²) in [5, 5.41) is 6.13. The smallest absolute Gasteiger partial charge is 0.238 e. The molecule has 1 aromatic carbocycles. The maximum absolute atomic E-state index is 11.7. The summed E-state index contributed by atoms with van der Waals surface area (Å²) < 4.78 is 0. The first-order valence-corrected chi connectivity index (χ1v) is 6.32. The van der Waals surface area contributed by atoms with Crippen LogP contribution in [0.4, 0.5) is 5.69 Å². The Morgan fingerprint density at radius 2 is 2.12 bits per heavy atom. The van der Waals surface area contributed by atoms with Crippen LogP contribution < -0.4 is 10.6 Å². The van der Waals surface area contributed by atoms with Gasteiger partial charge in [0.25, 0.3) is 0 Å². The van der Waals surface area contributed by atoms with E-state index in [0.29, 0.717) is 6.54 Å². The monoisotopic (exact) mass is 232 g/mol. The average Bonchev–Trinajstić information content (AvgIpc) is 2.25. The lowest BCUT2D eigenvalue weighted by Gasteiger charge is -2.25. The third kappa shape index (κ3) is 3.56. The van der Waals surface area contributed by atoms with Gasteiger partial charge in [0, 0.05) is 5.69 Å². The van der Waals surface area contributed by atoms with Crippen molar-refractivity contribution in [1.29, 1.82) is 0 Å². The first kappa shape index (κ1) is 12.1. The van der Waals surface area contributed by atoms with Crippen LogP contribution in [0, 0.1) is 12.8 Å². The van der Waals surface area contributed by atoms with Crippen LogP contribution in [0.5, 0.6) is 0 Å². The van der Waals surface area contributed by atoms with Crippen molar-refractivity contribution in [2.45, 2.75) is 26.2 Å². The van der Waals surface area contributed by atoms with Gasteiger partial charge in [-0.05, 0) is 43.9 Å². The summed E-state index contributed by atoms with van der Waals surface area (Å²) >= 11 is 0. The van der Waals surface area contributed by atoms with Gasteiger partial charge >= 0.3 is 0 Å². The molecule has 2 rings (SSSR count). The molecule has 0 spiro atoms. The largest absolute Gasteiger partial charge is 0.325 e. The summed E-state index contributed by atoms with van der Waals surface area (Å²) in [4.78, 5) is 11.7. The Balaban J connectivity index is 1.71. The van der Waals surface area contributed by atoms with E-state index in [1.807, 2.05) is 31.2 Å². The molecule has 0 saturated heterocycles. The summed E-state index contributed by atoms with van der Waals surface area (Å²) in [6, 6.07) is 7.83. The number of nitrogens with one attached hydrogen (secondary N) is 2. The van der Waals surface area contributed by atoms with Gasteiger partial charge in [-0.25, -0.2) is 0 Å². The Morgan fingerprint density at radius 1 is 1.35 bits per heavy atom. The number of para-hydroxylation sites is 1. The van der Waals surface area contributed by atoms with Gasteiger partial charge in [-0.3, -0.25) is 4.79 Å². The Kier molecular flexibility index (Phi) is 4.15. The molecule has 3 nitrogen and oxygen atoms in total. The molecule has 0 atom stereocenters. The molecule has 3 heteroatoms. The van der Waals surface area contributed by atoms with Gasteiger partial charge in [-0.2, -0.15) is 0 Å². The minimum atomic E-state index is 0.0404. The zero-order valence-electron chi connectivity index (χ0n) is 10.3. The number of aryl methyl sites for hydroxylation is 1. The number of carbonyl (C=O) groups is 1. The van der Waals surface area contributed by atoms with Crippen LogP contribution in [-0.2, 0) is 4.79 Å². The Hall–Kier alpha value is -1.35. The zero-order chi connectivity index (χ0) is 12.1. The highest BCUT2D eigenvalue weighted by atomic mass is 16.1. The van der Waals surface area contributed by atoms with E-state index >= 15 is 0 Å². The molecule has 1 aliphatic rings. The SMILES string of the molecule is Cc1ccccc1NC(=O)CNCC1CCC1. The van der Waals surface area contributed by atoms with E-state index < -0.39 is 0 Å². The van der Waals surface area contributed by atoms with Crippen LogP contribution in [0.3, 0.4) is 0 Å². The molecule has 0 heterocycles. The summed E-state index contributed by atoms with van der Waals surface area (Å²) in [6.07, 6.45) is 3.97. The maximum atomic E-state index is 11.7. The predicted octanol–water partition coefficient (Wildman–Crippen LogP) is 2.32. The molecule has 1 aromatic rings. The van der Waals surface area contributed by atoms with E-state index in [-0.39, 0.29) is 5.91 Å². The maximum Gasteiger partial charge on any atom is 0.238 e. The lowest BCUT2D eigenvalue weighted by Crippen LogP contribution is -2.33. The number of anilines is 1. The minimum absolute atomic E-state index is 0.0404. The third-order valence-corrected chi connectivity index (χ3v) is 3.36. The molecule has 0 aliphatic heterocycles. The molecule has 0 radical (unpaired) electrons. The van der Waals surface area contributed by atoms with Crippen LogP contribution in [0.15, 0.2) is 24.3 Å². The van der Waals surface area contributed by atoms with Crippen molar-refractivity contribution in [1.82, 2.24) is 5.32 Å². The molecule has 0 unspecified atom stereocenters. The molecule has 1 amide bonds. The average molecular weight is 232 g/mol. The fraction of sp³-hybridized carbons (Fsp3) is 0.500. The van der Waals surface area contributed by atoms with Crippen LogP contribution in [0.2, 0.25) is 0 Å². The summed E-state index contributed by atoms with van der Waals surface area (Å²) in [7, 11) is 0. The van der Waals surface area contributed by atoms with Crippen LogP contribution in [-0.4, -0.2) is 19.0 Å². The summed E-state index contributed by atoms with van der Waals surface area (Å²) in [5.41, 5.74) is 2.00. The van der Waals surface area contributed by atoms with Gasteiger partial charge in [0.15, 0.2) is 0 Å². The quantitative estimate of drug-likeness (QED) is 0.818. The number of benzene rings is 1. The molecular weight excluding hydrogens is 212 g/mol. The fourth-order valence-electron chi connectivity index (χ4n) is 1.99. The van der Waals surface area contributed by atoms with Gasteiger partial charge in [-0.1, -0.05) is 24.6 Å². The molecule has 2 N–H and O–H groups in total. The molecule has 1 saturated carbocycles. The Morgan fingerprint density at radius 3 is 2.76 bits per heavy atom. The van der Waals surface area contributed by atoms with E-state index in [1.165, 1.54) is 19.3 Å². The molecule has 1 aliphatic carbocycles. The van der Waals surface area contributed by atoms with E-state index in [9.17, 15) is 4.79 Å². The van der Waals surface area contributed by atoms with Crippen molar-refractivity contribution in [2.24, 2.45) is 5.92 Å². The van der Waals surface area contributed by atoms with Crippen molar-refractivity contribution < 1.29 is 4.79 Å². The predicted molar refractivity (Wildman–Crippen MR) is 70.0 cm³/mol. The number of rotatable bonds is 5. The Labute approximate surface area is 103 Å². The van der Waals surface area contributed by atoms with Crippen molar-refractivity contribution in [3.05, 3.63) is 29.8 Å². The molecule has 0 aromatic heterocycles. The van der Waals surface area contributed by atoms with Gasteiger partial charge < -0.3 is 10.6 Å². The van der Waals surface area contributed by atoms with Crippen LogP contribution in [0.25, 0.3) is 0 Å². The van der Waals surface area contributed by atoms with Gasteiger partial charge in [0.2, 0.25) is 5.91 Å². The van der Waals surface area contributed by atoms with E-state index in [0.717, 1.165) is 23.7 Å². The second kappa shape index (κ2) is 5.82. The van der Waals surface area contributed by atoms with E-state index in [2.05, 4.69) is 10.6 Å². The summed E-state index contributed by atoms with van der Waals surface area (Å²) in [6.45, 7) is 3.38. The van der Waals surface area contributed by atoms with Crippen LogP contribution >= 0.6 is 0 Å². The fourth-order valence-corrected chi connectivity index (χ4v) is 1.99. The first-order valence-electron chi connectivity index (χ1n) is 6.32. The molecule has 17 heavy (non-hydrogen) atoms. The molecular formula is C14H20N2O. The number of carbonyl (C=O) groups excluding carboxylic acids is 1. The lowest BCUT2D eigenvalue weighted by atomic mass is 9.85. The van der Waals surface area contributed by atoms with Crippen molar-refractivity contribution in [2.75, 3.05) is 18.4 Å². The number of amides is 1. The van der Waals surface area contributed by atoms with Crippen molar-refractivity contribution in [3.63, 3.8) is 0 Å². The van der Waals surface area contributed by atoms with Gasteiger partial charge in [0.1, 0.15) is 0 Å². The van der Waals surface area contributed by atoms with Gasteiger partial charge in [0.05, 0.1) is 6.54 Å². The highest BCUT2D eigenvalue weighted by Crippen LogP contribution is 2.24. The van der Waals surface area contributed by atoms with Gasteiger partial charge in [-0.15, -0.1) is 0 Å². The molecule has 0 bridgehead atoms. The number of hydrogen-bond acceptors (Lipinski definition) is 2. The summed E-state index contributed by atoms with van der Waals surface area (Å²) in [5.74, 6) is 0.833. The zero-order valence-corrected chi connectivity index (χ0v) is 10.3. The van der Waals surface area contributed by atoms with E-state index in [4.69, 9.17) is 0 Å². The molecule has 92 valence electrons. The minimum Gasteiger partial charge on any atom is -0.325 e. The topological polar surface area (TPSA) is 41.1 Å². The van der Waals surface area contributed by atoms with E-state index in [1.54, 1.807) is 0 Å². The lowest BCUT2D eigenvalue weighted by molar-refractivity contribution is -0.115. The second-order valence-electron chi connectivity index (χ2n) is 4.79. The highest BCUT2D eigenvalue weighted by molar-refractivity contribution is 5.92. The molecule has 1 fully saturated rings. The standard InChI is InChI=1S/C14H20N2O/c1-11-5-2-3-8-13(11)16-14(17)10-15-9-12-6-4-7-12/h2-3,5,8,12,15H,4,6-7,9-10H2,1H3,(H,16,17). The first-order chi connectivity index (χ1) is 8.25. The Bertz CT molecular complexity index is 386. The van der Waals surface area contributed by atoms with Crippen LogP contribution in [0.1, 0.15) is 24.8 Å². The third-order valence-electron chi connectivity index (χ3n) is 3.36. The van der Waals surface area contributed by atoms with Crippen molar-refractivity contribution >= 4 is 11.6 Å².